The van der Waals surface area contributed by atoms with Crippen molar-refractivity contribution in [2.75, 3.05) is 19.8 Å². The van der Waals surface area contributed by atoms with Crippen LogP contribution in [0.1, 0.15) is 18.4 Å². The summed E-state index contributed by atoms with van der Waals surface area (Å²) in [4.78, 5) is 0.350. The topological polar surface area (TPSA) is 69.4 Å². The van der Waals surface area contributed by atoms with Crippen molar-refractivity contribution < 1.29 is 13.2 Å². The van der Waals surface area contributed by atoms with E-state index in [-0.39, 0.29) is 12.5 Å². The van der Waals surface area contributed by atoms with Gasteiger partial charge in [-0.05, 0) is 24.6 Å². The third-order valence-corrected chi connectivity index (χ3v) is 7.24. The lowest BCUT2D eigenvalue weighted by atomic mass is 10.0. The summed E-state index contributed by atoms with van der Waals surface area (Å²) in [5.74, 6) is -0.138. The summed E-state index contributed by atoms with van der Waals surface area (Å²) in [7, 11) is -3.47. The second-order valence-corrected chi connectivity index (χ2v) is 8.31. The summed E-state index contributed by atoms with van der Waals surface area (Å²) >= 11 is 0. The number of hydrogen-bond acceptors (Lipinski definition) is 4. The third kappa shape index (κ3) is 2.77. The van der Waals surface area contributed by atoms with Crippen molar-refractivity contribution in [2.45, 2.75) is 23.0 Å². The van der Waals surface area contributed by atoms with Crippen molar-refractivity contribution in [3.8, 4) is 0 Å². The predicted octanol–water partition coefficient (Wildman–Crippen LogP) is 2.61. The van der Waals surface area contributed by atoms with Gasteiger partial charge < -0.3 is 10.5 Å². The Morgan fingerprint density at radius 3 is 2.17 bits per heavy atom. The zero-order valence-corrected chi connectivity index (χ0v) is 14.6. The molecular formula is C19H23NO3S. The summed E-state index contributed by atoms with van der Waals surface area (Å²) in [5, 5.41) is -0.550. The molecule has 24 heavy (non-hydrogen) atoms. The largest absolute Gasteiger partial charge is 0.381 e. The zero-order valence-electron chi connectivity index (χ0n) is 13.8. The van der Waals surface area contributed by atoms with Gasteiger partial charge in [0.15, 0.2) is 9.84 Å². The average Bonchev–Trinajstić information content (AvgIpc) is 3.32. The molecule has 2 N–H and O–H groups in total. The van der Waals surface area contributed by atoms with Crippen molar-refractivity contribution in [3.63, 3.8) is 0 Å². The second kappa shape index (κ2) is 6.67. The molecule has 0 bridgehead atoms. The molecule has 3 rings (SSSR count). The van der Waals surface area contributed by atoms with E-state index in [1.807, 2.05) is 43.3 Å². The molecule has 3 unspecified atom stereocenters. The van der Waals surface area contributed by atoms with Crippen LogP contribution in [0, 0.1) is 5.41 Å². The number of rotatable bonds is 7. The molecule has 0 heterocycles. The lowest BCUT2D eigenvalue weighted by Gasteiger charge is -2.16. The van der Waals surface area contributed by atoms with Crippen LogP contribution in [0.5, 0.6) is 0 Å². The number of sulfone groups is 1. The summed E-state index contributed by atoms with van der Waals surface area (Å²) in [6, 6.07) is 18.4. The first-order valence-corrected chi connectivity index (χ1v) is 9.74. The minimum absolute atomic E-state index is 0.138. The first-order chi connectivity index (χ1) is 11.6. The van der Waals surface area contributed by atoms with Crippen LogP contribution < -0.4 is 5.73 Å². The molecular weight excluding hydrogens is 322 g/mol. The van der Waals surface area contributed by atoms with Gasteiger partial charge in [-0.1, -0.05) is 48.5 Å². The number of benzene rings is 2. The fraction of sp³-hybridized carbons (Fsp3) is 0.368. The fourth-order valence-electron chi connectivity index (χ4n) is 3.63. The Bertz CT molecular complexity index is 777. The van der Waals surface area contributed by atoms with E-state index in [4.69, 9.17) is 10.5 Å². The van der Waals surface area contributed by atoms with E-state index in [1.54, 1.807) is 24.3 Å². The lowest BCUT2D eigenvalue weighted by molar-refractivity contribution is 0.101. The van der Waals surface area contributed by atoms with Gasteiger partial charge in [-0.2, -0.15) is 0 Å². The van der Waals surface area contributed by atoms with E-state index in [0.29, 0.717) is 18.1 Å². The summed E-state index contributed by atoms with van der Waals surface area (Å²) in [6.07, 6.45) is 0. The molecule has 0 aromatic heterocycles. The first-order valence-electron chi connectivity index (χ1n) is 8.19. The molecule has 2 aromatic carbocycles. The van der Waals surface area contributed by atoms with Crippen LogP contribution in [-0.2, 0) is 14.6 Å². The maximum Gasteiger partial charge on any atom is 0.182 e. The van der Waals surface area contributed by atoms with Gasteiger partial charge in [-0.15, -0.1) is 0 Å². The smallest absolute Gasteiger partial charge is 0.182 e. The van der Waals surface area contributed by atoms with Crippen LogP contribution in [0.15, 0.2) is 65.6 Å². The second-order valence-electron chi connectivity index (χ2n) is 6.24. The number of nitrogens with two attached hydrogens (primary N) is 1. The van der Waals surface area contributed by atoms with Crippen LogP contribution in [0.3, 0.4) is 0 Å². The minimum Gasteiger partial charge on any atom is -0.381 e. The first kappa shape index (κ1) is 17.1. The maximum absolute atomic E-state index is 13.2. The molecule has 1 fully saturated rings. The fourth-order valence-corrected chi connectivity index (χ4v) is 6.10. The van der Waals surface area contributed by atoms with E-state index >= 15 is 0 Å². The molecule has 128 valence electrons. The Kier molecular flexibility index (Phi) is 4.76. The van der Waals surface area contributed by atoms with Gasteiger partial charge in [0, 0.05) is 24.5 Å². The van der Waals surface area contributed by atoms with Crippen LogP contribution in [0.4, 0.5) is 0 Å². The Labute approximate surface area is 143 Å². The molecule has 0 spiro atoms. The average molecular weight is 345 g/mol. The summed E-state index contributed by atoms with van der Waals surface area (Å²) < 4.78 is 32.0. The Hall–Kier alpha value is -1.69. The van der Waals surface area contributed by atoms with E-state index in [2.05, 4.69) is 0 Å². The lowest BCUT2D eigenvalue weighted by Crippen LogP contribution is -2.29. The Morgan fingerprint density at radius 2 is 1.62 bits per heavy atom. The molecule has 1 aliphatic rings. The van der Waals surface area contributed by atoms with Gasteiger partial charge >= 0.3 is 0 Å². The minimum atomic E-state index is -3.47. The number of hydrogen-bond donors (Lipinski definition) is 1. The van der Waals surface area contributed by atoms with Crippen LogP contribution in [-0.4, -0.2) is 33.4 Å². The molecule has 3 atom stereocenters. The van der Waals surface area contributed by atoms with Crippen molar-refractivity contribution in [2.24, 2.45) is 11.1 Å². The monoisotopic (exact) mass is 345 g/mol. The highest BCUT2D eigenvalue weighted by Crippen LogP contribution is 2.63. The van der Waals surface area contributed by atoms with E-state index < -0.39 is 20.5 Å². The molecule has 0 radical (unpaired) electrons. The normalized spacial score (nSPS) is 26.2. The molecule has 5 heteroatoms. The highest BCUT2D eigenvalue weighted by atomic mass is 32.2. The maximum atomic E-state index is 13.2. The number of ether oxygens (including phenoxy) is 1. The van der Waals surface area contributed by atoms with E-state index in [9.17, 15) is 8.42 Å². The van der Waals surface area contributed by atoms with Crippen LogP contribution in [0.25, 0.3) is 0 Å². The molecule has 0 aliphatic heterocycles. The van der Waals surface area contributed by atoms with E-state index in [1.165, 1.54) is 0 Å². The van der Waals surface area contributed by atoms with Crippen LogP contribution >= 0.6 is 0 Å². The SMILES string of the molecule is CCOCC1(CN)C(c2ccccc2)C1S(=O)(=O)c1ccccc1. The van der Waals surface area contributed by atoms with E-state index in [0.717, 1.165) is 5.56 Å². The highest BCUT2D eigenvalue weighted by Gasteiger charge is 2.70. The van der Waals surface area contributed by atoms with Crippen molar-refractivity contribution in [1.29, 1.82) is 0 Å². The Morgan fingerprint density at radius 1 is 1.04 bits per heavy atom. The van der Waals surface area contributed by atoms with Gasteiger partial charge in [-0.25, -0.2) is 8.42 Å². The molecule has 1 saturated carbocycles. The molecule has 1 aliphatic carbocycles. The third-order valence-electron chi connectivity index (χ3n) is 4.90. The highest BCUT2D eigenvalue weighted by molar-refractivity contribution is 7.92. The molecule has 0 amide bonds. The summed E-state index contributed by atoms with van der Waals surface area (Å²) in [5.41, 5.74) is 6.50. The van der Waals surface area contributed by atoms with Crippen LogP contribution in [0.2, 0.25) is 0 Å². The Balaban J connectivity index is 2.03. The quantitative estimate of drug-likeness (QED) is 0.837. The van der Waals surface area contributed by atoms with Gasteiger partial charge in [-0.3, -0.25) is 0 Å². The summed E-state index contributed by atoms with van der Waals surface area (Å²) in [6.45, 7) is 3.09. The van der Waals surface area contributed by atoms with Gasteiger partial charge in [0.1, 0.15) is 0 Å². The van der Waals surface area contributed by atoms with Crippen molar-refractivity contribution in [3.05, 3.63) is 66.2 Å². The molecule has 2 aromatic rings. The van der Waals surface area contributed by atoms with Gasteiger partial charge in [0.25, 0.3) is 0 Å². The van der Waals surface area contributed by atoms with Crippen molar-refractivity contribution in [1.82, 2.24) is 0 Å². The van der Waals surface area contributed by atoms with Gasteiger partial charge in [0.05, 0.1) is 16.8 Å². The predicted molar refractivity (Wildman–Crippen MR) is 94.6 cm³/mol. The molecule has 0 saturated heterocycles. The van der Waals surface area contributed by atoms with Crippen molar-refractivity contribution >= 4 is 9.84 Å². The standard InChI is InChI=1S/C19H23NO3S/c1-2-23-14-19(13-20)17(15-9-5-3-6-10-15)18(19)24(21,22)16-11-7-4-8-12-16/h3-12,17-18H,2,13-14,20H2,1H3. The molecule has 4 nitrogen and oxygen atoms in total. The van der Waals surface area contributed by atoms with Gasteiger partial charge in [0.2, 0.25) is 0 Å². The zero-order chi connectivity index (χ0) is 17.2.